The monoisotopic (exact) mass is 204 g/mol. The highest BCUT2D eigenvalue weighted by Gasteiger charge is 2.18. The molecule has 2 nitrogen and oxygen atoms in total. The molecular weight excluding hydrogens is 184 g/mol. The van der Waals surface area contributed by atoms with E-state index in [-0.39, 0.29) is 0 Å². The maximum atomic E-state index is 3.31. The van der Waals surface area contributed by atoms with Crippen molar-refractivity contribution in [1.29, 1.82) is 0 Å². The Labute approximate surface area is 92.3 Å². The molecule has 82 valence electrons. The smallest absolute Gasteiger partial charge is 0.0366 e. The van der Waals surface area contributed by atoms with E-state index < -0.39 is 0 Å². The lowest BCUT2D eigenvalue weighted by molar-refractivity contribution is 0.353. The topological polar surface area (TPSA) is 15.3 Å². The zero-order valence-electron chi connectivity index (χ0n) is 9.88. The summed E-state index contributed by atoms with van der Waals surface area (Å²) in [6.45, 7) is 7.85. The van der Waals surface area contributed by atoms with Crippen molar-refractivity contribution >= 4 is 5.69 Å². The van der Waals surface area contributed by atoms with Gasteiger partial charge in [0.2, 0.25) is 0 Å². The Hall–Kier alpha value is -1.02. The van der Waals surface area contributed by atoms with Gasteiger partial charge in [0.1, 0.15) is 0 Å². The van der Waals surface area contributed by atoms with Gasteiger partial charge in [0.15, 0.2) is 0 Å². The minimum Gasteiger partial charge on any atom is -0.374 e. The Morgan fingerprint density at radius 1 is 1.27 bits per heavy atom. The Balaban J connectivity index is 2.03. The molecule has 0 amide bonds. The van der Waals surface area contributed by atoms with E-state index in [1.165, 1.54) is 29.9 Å². The van der Waals surface area contributed by atoms with Crippen LogP contribution in [0.1, 0.15) is 11.1 Å². The van der Waals surface area contributed by atoms with Gasteiger partial charge in [-0.05, 0) is 37.1 Å². The van der Waals surface area contributed by atoms with Gasteiger partial charge in [-0.25, -0.2) is 0 Å². The fraction of sp³-hybridized carbons (Fsp3) is 0.538. The van der Waals surface area contributed by atoms with E-state index in [9.17, 15) is 0 Å². The van der Waals surface area contributed by atoms with Gasteiger partial charge in [-0.2, -0.15) is 0 Å². The second kappa shape index (κ2) is 4.23. The van der Waals surface area contributed by atoms with Gasteiger partial charge in [0.25, 0.3) is 0 Å². The van der Waals surface area contributed by atoms with Crippen LogP contribution in [0.3, 0.4) is 0 Å². The van der Waals surface area contributed by atoms with Crippen LogP contribution in [-0.4, -0.2) is 26.7 Å². The van der Waals surface area contributed by atoms with Gasteiger partial charge in [-0.15, -0.1) is 0 Å². The number of hydrogen-bond donors (Lipinski definition) is 1. The summed E-state index contributed by atoms with van der Waals surface area (Å²) in [5.41, 5.74) is 4.09. The molecular formula is C13H20N2. The highest BCUT2D eigenvalue weighted by Crippen LogP contribution is 2.19. The van der Waals surface area contributed by atoms with E-state index in [0.29, 0.717) is 0 Å². The van der Waals surface area contributed by atoms with Crippen molar-refractivity contribution < 1.29 is 0 Å². The average Bonchev–Trinajstić information content (AvgIpc) is 2.15. The lowest BCUT2D eigenvalue weighted by atomic mass is 10.0. The lowest BCUT2D eigenvalue weighted by Gasteiger charge is -2.32. The number of hydrogen-bond acceptors (Lipinski definition) is 2. The van der Waals surface area contributed by atoms with Crippen LogP contribution in [0.25, 0.3) is 0 Å². The molecule has 0 saturated carbocycles. The maximum Gasteiger partial charge on any atom is 0.0366 e. The number of nitrogens with one attached hydrogen (secondary N) is 1. The van der Waals surface area contributed by atoms with Gasteiger partial charge < -0.3 is 10.2 Å². The molecule has 0 atom stereocenters. The molecule has 0 bridgehead atoms. The van der Waals surface area contributed by atoms with Gasteiger partial charge >= 0.3 is 0 Å². The number of aryl methyl sites for hydroxylation is 2. The van der Waals surface area contributed by atoms with Crippen molar-refractivity contribution in [2.75, 3.05) is 31.6 Å². The van der Waals surface area contributed by atoms with E-state index in [2.05, 4.69) is 49.3 Å². The van der Waals surface area contributed by atoms with Crippen LogP contribution in [0.5, 0.6) is 0 Å². The minimum absolute atomic E-state index is 0.830. The third kappa shape index (κ3) is 2.32. The summed E-state index contributed by atoms with van der Waals surface area (Å²) in [5, 5.41) is 3.31. The minimum atomic E-state index is 0.830. The van der Waals surface area contributed by atoms with Crippen LogP contribution in [0.2, 0.25) is 0 Å². The first-order chi connectivity index (χ1) is 7.16. The molecule has 1 aliphatic heterocycles. The summed E-state index contributed by atoms with van der Waals surface area (Å²) in [4.78, 5) is 2.36. The van der Waals surface area contributed by atoms with Gasteiger partial charge in [-0.3, -0.25) is 0 Å². The predicted molar refractivity (Wildman–Crippen MR) is 65.5 cm³/mol. The molecule has 0 unspecified atom stereocenters. The molecule has 0 radical (unpaired) electrons. The highest BCUT2D eigenvalue weighted by atomic mass is 15.1. The molecule has 1 aromatic carbocycles. The van der Waals surface area contributed by atoms with Crippen molar-refractivity contribution in [1.82, 2.24) is 5.32 Å². The molecule has 1 heterocycles. The van der Waals surface area contributed by atoms with E-state index >= 15 is 0 Å². The third-order valence-corrected chi connectivity index (χ3v) is 3.33. The second-order valence-electron chi connectivity index (χ2n) is 4.67. The Bertz CT molecular complexity index is 342. The van der Waals surface area contributed by atoms with Crippen molar-refractivity contribution in [3.63, 3.8) is 0 Å². The molecule has 1 fully saturated rings. The van der Waals surface area contributed by atoms with Crippen LogP contribution in [0.4, 0.5) is 5.69 Å². The van der Waals surface area contributed by atoms with E-state index in [1.807, 2.05) is 0 Å². The number of anilines is 1. The summed E-state index contributed by atoms with van der Waals surface area (Å²) in [5.74, 6) is 0.830. The molecule has 1 aliphatic rings. The van der Waals surface area contributed by atoms with Crippen LogP contribution >= 0.6 is 0 Å². The molecule has 0 aliphatic carbocycles. The lowest BCUT2D eigenvalue weighted by Crippen LogP contribution is -2.47. The largest absolute Gasteiger partial charge is 0.374 e. The Kier molecular flexibility index (Phi) is 2.96. The fourth-order valence-corrected chi connectivity index (χ4v) is 1.93. The fourth-order valence-electron chi connectivity index (χ4n) is 1.93. The molecule has 2 heteroatoms. The summed E-state index contributed by atoms with van der Waals surface area (Å²) in [7, 11) is 2.18. The van der Waals surface area contributed by atoms with Crippen LogP contribution in [0.15, 0.2) is 18.2 Å². The molecule has 2 rings (SSSR count). The maximum absolute atomic E-state index is 3.31. The SMILES string of the molecule is Cc1ccc(N(C)CC2CNC2)cc1C. The van der Waals surface area contributed by atoms with E-state index in [0.717, 1.165) is 12.5 Å². The van der Waals surface area contributed by atoms with Gasteiger partial charge in [-0.1, -0.05) is 6.07 Å². The summed E-state index contributed by atoms with van der Waals surface area (Å²) in [6.07, 6.45) is 0. The van der Waals surface area contributed by atoms with Gasteiger partial charge in [0.05, 0.1) is 0 Å². The number of nitrogens with zero attached hydrogens (tertiary/aromatic N) is 1. The first-order valence-electron chi connectivity index (χ1n) is 5.66. The molecule has 15 heavy (non-hydrogen) atoms. The van der Waals surface area contributed by atoms with Crippen molar-refractivity contribution in [2.45, 2.75) is 13.8 Å². The molecule has 0 spiro atoms. The van der Waals surface area contributed by atoms with Crippen LogP contribution in [-0.2, 0) is 0 Å². The normalized spacial score (nSPS) is 16.2. The zero-order valence-corrected chi connectivity index (χ0v) is 9.88. The predicted octanol–water partition coefficient (Wildman–Crippen LogP) is 1.96. The average molecular weight is 204 g/mol. The zero-order chi connectivity index (χ0) is 10.8. The standard InChI is InChI=1S/C13H20N2/c1-10-4-5-13(6-11(10)2)15(3)9-12-7-14-8-12/h4-6,12,14H,7-9H2,1-3H3. The summed E-state index contributed by atoms with van der Waals surface area (Å²) >= 11 is 0. The summed E-state index contributed by atoms with van der Waals surface area (Å²) < 4.78 is 0. The first kappa shape index (κ1) is 10.5. The summed E-state index contributed by atoms with van der Waals surface area (Å²) in [6, 6.07) is 6.70. The molecule has 0 aromatic heterocycles. The highest BCUT2D eigenvalue weighted by molar-refractivity contribution is 5.50. The molecule has 1 aromatic rings. The van der Waals surface area contributed by atoms with Crippen molar-refractivity contribution in [3.05, 3.63) is 29.3 Å². The Morgan fingerprint density at radius 3 is 2.53 bits per heavy atom. The molecule has 1 saturated heterocycles. The van der Waals surface area contributed by atoms with Gasteiger partial charge in [0, 0.05) is 38.3 Å². The van der Waals surface area contributed by atoms with Crippen LogP contribution in [0, 0.1) is 19.8 Å². The Morgan fingerprint density at radius 2 is 2.00 bits per heavy atom. The number of benzene rings is 1. The first-order valence-corrected chi connectivity index (χ1v) is 5.66. The van der Waals surface area contributed by atoms with Crippen molar-refractivity contribution in [3.8, 4) is 0 Å². The molecule has 1 N–H and O–H groups in total. The van der Waals surface area contributed by atoms with E-state index in [4.69, 9.17) is 0 Å². The number of rotatable bonds is 3. The van der Waals surface area contributed by atoms with Crippen molar-refractivity contribution in [2.24, 2.45) is 5.92 Å². The second-order valence-corrected chi connectivity index (χ2v) is 4.67. The van der Waals surface area contributed by atoms with E-state index in [1.54, 1.807) is 0 Å². The quantitative estimate of drug-likeness (QED) is 0.809. The third-order valence-electron chi connectivity index (χ3n) is 3.33. The van der Waals surface area contributed by atoms with Crippen LogP contribution < -0.4 is 10.2 Å².